The summed E-state index contributed by atoms with van der Waals surface area (Å²) < 4.78 is 0. The Morgan fingerprint density at radius 2 is 2.00 bits per heavy atom. The Labute approximate surface area is 126 Å². The molecule has 0 aliphatic rings. The van der Waals surface area contributed by atoms with Gasteiger partial charge in [-0.05, 0) is 31.5 Å². The number of aromatic nitrogens is 1. The molecule has 0 unspecified atom stereocenters. The Hall–Kier alpha value is -1.78. The summed E-state index contributed by atoms with van der Waals surface area (Å²) >= 11 is 12.2. The highest BCUT2D eigenvalue weighted by atomic mass is 35.5. The maximum atomic E-state index is 12.3. The van der Waals surface area contributed by atoms with E-state index in [0.717, 1.165) is 5.56 Å². The molecular formula is C14H13Cl2N3O. The minimum absolute atomic E-state index is 0.350. The van der Waals surface area contributed by atoms with Gasteiger partial charge in [0.05, 0.1) is 38.9 Å². The number of benzene rings is 1. The molecule has 0 bridgehead atoms. The van der Waals surface area contributed by atoms with E-state index in [1.165, 1.54) is 6.20 Å². The third kappa shape index (κ3) is 2.86. The Morgan fingerprint density at radius 3 is 2.70 bits per heavy atom. The van der Waals surface area contributed by atoms with Gasteiger partial charge in [0.2, 0.25) is 0 Å². The van der Waals surface area contributed by atoms with E-state index in [0.29, 0.717) is 32.7 Å². The van der Waals surface area contributed by atoms with Crippen molar-refractivity contribution in [1.82, 2.24) is 4.98 Å². The van der Waals surface area contributed by atoms with Gasteiger partial charge in [0.15, 0.2) is 0 Å². The van der Waals surface area contributed by atoms with Crippen LogP contribution in [-0.4, -0.2) is 10.9 Å². The zero-order chi connectivity index (χ0) is 14.9. The molecule has 20 heavy (non-hydrogen) atoms. The van der Waals surface area contributed by atoms with E-state index in [1.54, 1.807) is 25.1 Å². The van der Waals surface area contributed by atoms with Crippen LogP contribution in [0.1, 0.15) is 21.6 Å². The molecule has 1 amide bonds. The van der Waals surface area contributed by atoms with E-state index in [1.807, 2.05) is 6.92 Å². The van der Waals surface area contributed by atoms with Crippen LogP contribution < -0.4 is 11.1 Å². The van der Waals surface area contributed by atoms with Crippen molar-refractivity contribution in [3.63, 3.8) is 0 Å². The van der Waals surface area contributed by atoms with Crippen LogP contribution in [0, 0.1) is 13.8 Å². The first-order valence-electron chi connectivity index (χ1n) is 5.88. The summed E-state index contributed by atoms with van der Waals surface area (Å²) in [7, 11) is 0. The number of carbonyl (C=O) groups is 1. The Morgan fingerprint density at radius 1 is 1.30 bits per heavy atom. The van der Waals surface area contributed by atoms with Crippen molar-refractivity contribution in [2.45, 2.75) is 13.8 Å². The van der Waals surface area contributed by atoms with Crippen molar-refractivity contribution < 1.29 is 4.79 Å². The molecule has 0 saturated heterocycles. The smallest absolute Gasteiger partial charge is 0.257 e. The lowest BCUT2D eigenvalue weighted by Gasteiger charge is -2.12. The number of nitrogens with one attached hydrogen (secondary N) is 1. The van der Waals surface area contributed by atoms with Gasteiger partial charge in [-0.25, -0.2) is 0 Å². The van der Waals surface area contributed by atoms with Crippen molar-refractivity contribution in [3.8, 4) is 0 Å². The summed E-state index contributed by atoms with van der Waals surface area (Å²) in [4.78, 5) is 16.3. The molecule has 6 heteroatoms. The summed E-state index contributed by atoms with van der Waals surface area (Å²) in [6, 6.07) is 5.03. The topological polar surface area (TPSA) is 68.0 Å². The van der Waals surface area contributed by atoms with Crippen molar-refractivity contribution in [2.24, 2.45) is 0 Å². The highest BCUT2D eigenvalue weighted by Crippen LogP contribution is 2.33. The number of pyridine rings is 1. The molecule has 0 fully saturated rings. The maximum absolute atomic E-state index is 12.3. The van der Waals surface area contributed by atoms with Crippen LogP contribution >= 0.6 is 23.2 Å². The second-order valence-electron chi connectivity index (χ2n) is 4.41. The molecule has 0 spiro atoms. The lowest BCUT2D eigenvalue weighted by atomic mass is 10.1. The van der Waals surface area contributed by atoms with Gasteiger partial charge >= 0.3 is 0 Å². The number of aryl methyl sites for hydroxylation is 2. The Kier molecular flexibility index (Phi) is 4.16. The number of anilines is 2. The number of carbonyl (C=O) groups excluding carboxylic acids is 1. The summed E-state index contributed by atoms with van der Waals surface area (Å²) in [6.07, 6.45) is 1.50. The fraction of sp³-hybridized carbons (Fsp3) is 0.143. The Bertz CT molecular complexity index is 686. The molecule has 1 heterocycles. The summed E-state index contributed by atoms with van der Waals surface area (Å²) in [5, 5.41) is 3.50. The number of amides is 1. The fourth-order valence-electron chi connectivity index (χ4n) is 1.73. The van der Waals surface area contributed by atoms with Crippen LogP contribution in [0.5, 0.6) is 0 Å². The quantitative estimate of drug-likeness (QED) is 0.885. The number of nitrogens with zero attached hydrogens (tertiary/aromatic N) is 1. The van der Waals surface area contributed by atoms with Gasteiger partial charge < -0.3 is 11.1 Å². The molecule has 1 aromatic carbocycles. The predicted molar refractivity (Wildman–Crippen MR) is 82.5 cm³/mol. The molecule has 0 saturated carbocycles. The van der Waals surface area contributed by atoms with Crippen molar-refractivity contribution in [2.75, 3.05) is 11.1 Å². The summed E-state index contributed by atoms with van der Waals surface area (Å²) in [5.41, 5.74) is 8.25. The number of nitrogens with two attached hydrogens (primary N) is 1. The average Bonchev–Trinajstić information content (AvgIpc) is 2.41. The number of halogens is 2. The largest absolute Gasteiger partial charge is 0.397 e. The van der Waals surface area contributed by atoms with Gasteiger partial charge in [-0.1, -0.05) is 29.3 Å². The van der Waals surface area contributed by atoms with E-state index in [9.17, 15) is 4.79 Å². The highest BCUT2D eigenvalue weighted by molar-refractivity contribution is 6.40. The number of rotatable bonds is 2. The van der Waals surface area contributed by atoms with Crippen LogP contribution in [-0.2, 0) is 0 Å². The van der Waals surface area contributed by atoms with Crippen molar-refractivity contribution >= 4 is 40.5 Å². The molecular weight excluding hydrogens is 297 g/mol. The van der Waals surface area contributed by atoms with E-state index in [4.69, 9.17) is 28.9 Å². The summed E-state index contributed by atoms with van der Waals surface area (Å²) in [5.74, 6) is -0.350. The third-order valence-electron chi connectivity index (χ3n) is 2.88. The molecule has 0 radical (unpaired) electrons. The lowest BCUT2D eigenvalue weighted by Crippen LogP contribution is -2.15. The lowest BCUT2D eigenvalue weighted by molar-refractivity contribution is 0.102. The predicted octanol–water partition coefficient (Wildman–Crippen LogP) is 3.84. The van der Waals surface area contributed by atoms with Crippen LogP contribution in [0.3, 0.4) is 0 Å². The van der Waals surface area contributed by atoms with E-state index in [2.05, 4.69) is 10.3 Å². The molecule has 2 rings (SSSR count). The van der Waals surface area contributed by atoms with E-state index < -0.39 is 0 Å². The van der Waals surface area contributed by atoms with Crippen LogP contribution in [0.15, 0.2) is 24.4 Å². The maximum Gasteiger partial charge on any atom is 0.257 e. The second kappa shape index (κ2) is 5.69. The fourth-order valence-corrected chi connectivity index (χ4v) is 2.20. The Balaban J connectivity index is 2.38. The van der Waals surface area contributed by atoms with Gasteiger partial charge in [0.25, 0.3) is 5.91 Å². The monoisotopic (exact) mass is 309 g/mol. The van der Waals surface area contributed by atoms with Crippen LogP contribution in [0.2, 0.25) is 10.0 Å². The molecule has 0 aliphatic heterocycles. The second-order valence-corrected chi connectivity index (χ2v) is 5.19. The number of hydrogen-bond donors (Lipinski definition) is 2. The van der Waals surface area contributed by atoms with Crippen molar-refractivity contribution in [1.29, 1.82) is 0 Å². The van der Waals surface area contributed by atoms with Gasteiger partial charge in [-0.15, -0.1) is 0 Å². The standard InChI is InChI=1S/C14H13Cl2N3O/c1-7-3-4-11(15)13(12(7)16)19-14(20)10-5-9(17)6-18-8(10)2/h3-6H,17H2,1-2H3,(H,19,20). The number of nitrogen functional groups attached to an aromatic ring is 1. The number of hydrogen-bond acceptors (Lipinski definition) is 3. The molecule has 0 aliphatic carbocycles. The van der Waals surface area contributed by atoms with Crippen LogP contribution in [0.4, 0.5) is 11.4 Å². The zero-order valence-corrected chi connectivity index (χ0v) is 12.5. The van der Waals surface area contributed by atoms with Gasteiger partial charge in [-0.3, -0.25) is 9.78 Å². The van der Waals surface area contributed by atoms with Crippen LogP contribution in [0.25, 0.3) is 0 Å². The highest BCUT2D eigenvalue weighted by Gasteiger charge is 2.15. The molecule has 104 valence electrons. The third-order valence-corrected chi connectivity index (χ3v) is 3.68. The zero-order valence-electron chi connectivity index (χ0n) is 11.0. The summed E-state index contributed by atoms with van der Waals surface area (Å²) in [6.45, 7) is 3.56. The minimum atomic E-state index is -0.350. The first kappa shape index (κ1) is 14.6. The van der Waals surface area contributed by atoms with Gasteiger partial charge in [0.1, 0.15) is 0 Å². The molecule has 1 aromatic heterocycles. The van der Waals surface area contributed by atoms with E-state index >= 15 is 0 Å². The molecule has 0 atom stereocenters. The normalized spacial score (nSPS) is 10.4. The van der Waals surface area contributed by atoms with Crippen molar-refractivity contribution in [3.05, 3.63) is 51.3 Å². The SMILES string of the molecule is Cc1ccc(Cl)c(NC(=O)c2cc(N)cnc2C)c1Cl. The van der Waals surface area contributed by atoms with Gasteiger partial charge in [-0.2, -0.15) is 0 Å². The minimum Gasteiger partial charge on any atom is -0.397 e. The molecule has 4 nitrogen and oxygen atoms in total. The average molecular weight is 310 g/mol. The van der Waals surface area contributed by atoms with E-state index in [-0.39, 0.29) is 5.91 Å². The first-order chi connectivity index (χ1) is 9.40. The molecule has 2 aromatic rings. The first-order valence-corrected chi connectivity index (χ1v) is 6.64. The molecule has 3 N–H and O–H groups in total. The van der Waals surface area contributed by atoms with Gasteiger partial charge in [0, 0.05) is 0 Å².